The molecule has 0 heterocycles. The first-order valence-electron chi connectivity index (χ1n) is 12.8. The predicted octanol–water partition coefficient (Wildman–Crippen LogP) is 1.38. The molecule has 0 fully saturated rings. The van der Waals surface area contributed by atoms with E-state index >= 15 is 0 Å². The average molecular weight is 383 g/mol. The molecular weight excluding hydrogens is 351 g/mol. The Labute approximate surface area is 148 Å². The number of hydrogen-bond donors (Lipinski definition) is 0. The van der Waals surface area contributed by atoms with Gasteiger partial charge in [-0.25, -0.2) is 0 Å². The third-order valence-electron chi connectivity index (χ3n) is 2.25. The van der Waals surface area contributed by atoms with Gasteiger partial charge in [0.2, 0.25) is 0 Å². The molecule has 3 aromatic carbocycles. The number of hydrogen-bond acceptors (Lipinski definition) is 0. The molecule has 99 valence electrons. The van der Waals surface area contributed by atoms with Gasteiger partial charge in [0, 0.05) is 0 Å². The van der Waals surface area contributed by atoms with Crippen molar-refractivity contribution in [2.45, 2.75) is 0 Å². The molecule has 20 heavy (non-hydrogen) atoms. The Balaban J connectivity index is 0.00000432. The minimum atomic E-state index is -4.70. The van der Waals surface area contributed by atoms with Crippen molar-refractivity contribution in [1.82, 2.24) is 0 Å². The van der Waals surface area contributed by atoms with Crippen molar-refractivity contribution in [3.05, 3.63) is 90.6 Å². The molecule has 3 aromatic rings. The van der Waals surface area contributed by atoms with Gasteiger partial charge in [0.1, 0.15) is 0 Å². The van der Waals surface area contributed by atoms with Crippen molar-refractivity contribution in [2.24, 2.45) is 0 Å². The fourth-order valence-electron chi connectivity index (χ4n) is 1.50. The summed E-state index contributed by atoms with van der Waals surface area (Å²) in [5, 5.41) is 0. The molecule has 2 N–H and O–H groups in total. The second kappa shape index (κ2) is 7.27. The Bertz CT molecular complexity index is 1120. The van der Waals surface area contributed by atoms with E-state index in [2.05, 4.69) is 0 Å². The van der Waals surface area contributed by atoms with Gasteiger partial charge in [-0.05, 0) is 0 Å². The Hall–Kier alpha value is -1.58. The van der Waals surface area contributed by atoms with Gasteiger partial charge < -0.3 is 5.48 Å². The van der Waals surface area contributed by atoms with Gasteiger partial charge in [-0.2, -0.15) is 0 Å². The van der Waals surface area contributed by atoms with Gasteiger partial charge in [0.15, 0.2) is 0 Å². The summed E-state index contributed by atoms with van der Waals surface area (Å²) < 4.78 is 121. The van der Waals surface area contributed by atoms with E-state index in [1.165, 1.54) is 0 Å². The van der Waals surface area contributed by atoms with Crippen LogP contribution < -0.4 is 10.7 Å². The third-order valence-corrected chi connectivity index (χ3v) is 8.67. The molecule has 3 rings (SSSR count). The second-order valence-electron chi connectivity index (χ2n) is 3.38. The van der Waals surface area contributed by atoms with E-state index in [0.29, 0.717) is 0 Å². The van der Waals surface area contributed by atoms with Gasteiger partial charge >= 0.3 is 142 Å². The van der Waals surface area contributed by atoms with Crippen molar-refractivity contribution < 1.29 is 26.0 Å². The molecule has 0 aromatic heterocycles. The SMILES string of the molecule is O.[2H]c1c([2H])c([2H])[c]([Sn]([c]2c([2H])c([2H])c([2H])c([2H])c2[2H])[c]2c([2H])c([2H])c([2H])c([2H])c2[2H])c([2H])c1[2H]. The van der Waals surface area contributed by atoms with E-state index in [-0.39, 0.29) is 16.2 Å². The fraction of sp³-hybridized carbons (Fsp3) is 0. The van der Waals surface area contributed by atoms with E-state index in [1.807, 2.05) is 0 Å². The summed E-state index contributed by atoms with van der Waals surface area (Å²) in [5.74, 6) is 0. The van der Waals surface area contributed by atoms with Crippen LogP contribution >= 0.6 is 0 Å². The normalized spacial score (nSPS) is 20.6. The summed E-state index contributed by atoms with van der Waals surface area (Å²) >= 11 is -4.70. The third kappa shape index (κ3) is 3.29. The maximum atomic E-state index is 8.42. The van der Waals surface area contributed by atoms with Crippen LogP contribution in [0, 0.1) is 0 Å². The monoisotopic (exact) mass is 384 g/mol. The quantitative estimate of drug-likeness (QED) is 0.613. The van der Waals surface area contributed by atoms with E-state index < -0.39 is 110 Å². The van der Waals surface area contributed by atoms with E-state index in [4.69, 9.17) is 20.6 Å². The summed E-state index contributed by atoms with van der Waals surface area (Å²) in [5.41, 5.74) is 0. The zero-order valence-corrected chi connectivity index (χ0v) is 12.9. The molecule has 0 aliphatic heterocycles. The molecule has 0 bridgehead atoms. The van der Waals surface area contributed by atoms with E-state index in [9.17, 15) is 0 Å². The summed E-state index contributed by atoms with van der Waals surface area (Å²) in [4.78, 5) is 0. The molecule has 1 nitrogen and oxygen atoms in total. The van der Waals surface area contributed by atoms with Crippen LogP contribution in [0.25, 0.3) is 0 Å². The van der Waals surface area contributed by atoms with Crippen LogP contribution in [0.5, 0.6) is 0 Å². The predicted molar refractivity (Wildman–Crippen MR) is 87.6 cm³/mol. The Kier molecular flexibility index (Phi) is 1.71. The molecule has 0 amide bonds. The summed E-state index contributed by atoms with van der Waals surface area (Å²) in [7, 11) is 0. The Morgan fingerprint density at radius 1 is 0.500 bits per heavy atom. The van der Waals surface area contributed by atoms with Crippen LogP contribution in [-0.4, -0.2) is 25.2 Å². The van der Waals surface area contributed by atoms with Crippen molar-refractivity contribution in [1.29, 1.82) is 0 Å². The van der Waals surface area contributed by atoms with Crippen LogP contribution in [0.1, 0.15) is 20.6 Å². The summed E-state index contributed by atoms with van der Waals surface area (Å²) in [6.45, 7) is 0. The molecule has 0 spiro atoms. The fourth-order valence-corrected chi connectivity index (χ4v) is 6.85. The van der Waals surface area contributed by atoms with Gasteiger partial charge in [-0.1, -0.05) is 0 Å². The number of rotatable bonds is 3. The van der Waals surface area contributed by atoms with Gasteiger partial charge in [0.05, 0.1) is 0 Å². The molecule has 2 heteroatoms. The van der Waals surface area contributed by atoms with Crippen LogP contribution in [0.3, 0.4) is 0 Å². The molecule has 0 saturated carbocycles. The minimum absolute atomic E-state index is 0. The topological polar surface area (TPSA) is 31.5 Å². The Morgan fingerprint density at radius 3 is 1.00 bits per heavy atom. The van der Waals surface area contributed by atoms with Crippen molar-refractivity contribution >= 4 is 30.5 Å². The molecular formula is C18H17OSn. The molecule has 0 atom stereocenters. The zero-order valence-electron chi connectivity index (χ0n) is 25.0. The first-order valence-corrected chi connectivity index (χ1v) is 9.53. The average Bonchev–Trinajstić information content (AvgIpc) is 2.81. The van der Waals surface area contributed by atoms with E-state index in [1.54, 1.807) is 0 Å². The zero-order chi connectivity index (χ0) is 26.0. The van der Waals surface area contributed by atoms with Gasteiger partial charge in [-0.3, -0.25) is 0 Å². The van der Waals surface area contributed by atoms with Crippen LogP contribution in [0.2, 0.25) is 0 Å². The van der Waals surface area contributed by atoms with Crippen LogP contribution in [-0.2, 0) is 0 Å². The van der Waals surface area contributed by atoms with Crippen LogP contribution in [0.4, 0.5) is 0 Å². The summed E-state index contributed by atoms with van der Waals surface area (Å²) in [6, 6.07) is -10.9. The van der Waals surface area contributed by atoms with Crippen molar-refractivity contribution in [3.8, 4) is 0 Å². The molecule has 0 aliphatic rings. The van der Waals surface area contributed by atoms with Gasteiger partial charge in [0.25, 0.3) is 0 Å². The first kappa shape index (κ1) is 4.72. The maximum absolute atomic E-state index is 8.42. The molecule has 0 unspecified atom stereocenters. The standard InChI is InChI=1S/3C6H5.H2O.Sn/c3*1-2-4-6-5-3-1;;/h3*1-5H;1H2;/i3*1D,2D,3D,4D,5D;;. The molecule has 0 saturated heterocycles. The van der Waals surface area contributed by atoms with Crippen molar-refractivity contribution in [3.63, 3.8) is 0 Å². The molecule has 1 radical (unpaired) electrons. The molecule has 0 aliphatic carbocycles. The summed E-state index contributed by atoms with van der Waals surface area (Å²) in [6.07, 6.45) is 0. The van der Waals surface area contributed by atoms with Crippen LogP contribution in [0.15, 0.2) is 90.6 Å². The second-order valence-corrected chi connectivity index (χ2v) is 9.80. The first-order chi connectivity index (χ1) is 15.7. The van der Waals surface area contributed by atoms with Crippen molar-refractivity contribution in [2.75, 3.05) is 0 Å². The number of benzene rings is 3. The Morgan fingerprint density at radius 2 is 0.750 bits per heavy atom. The van der Waals surface area contributed by atoms with Gasteiger partial charge in [-0.15, -0.1) is 0 Å². The van der Waals surface area contributed by atoms with E-state index in [0.717, 1.165) is 0 Å².